The van der Waals surface area contributed by atoms with Crippen molar-refractivity contribution in [1.82, 2.24) is 4.72 Å². The Hall–Kier alpha value is -2.65. The first-order valence-corrected chi connectivity index (χ1v) is 9.90. The number of nitrogens with one attached hydrogen (secondary N) is 2. The molecule has 1 fully saturated rings. The normalized spacial score (nSPS) is 21.4. The van der Waals surface area contributed by atoms with Crippen LogP contribution >= 0.6 is 0 Å². The predicted octanol–water partition coefficient (Wildman–Crippen LogP) is 1.71. The van der Waals surface area contributed by atoms with E-state index in [2.05, 4.69) is 10.0 Å². The molecule has 1 saturated heterocycles. The summed E-state index contributed by atoms with van der Waals surface area (Å²) in [5.74, 6) is -0.941. The van der Waals surface area contributed by atoms with Crippen LogP contribution < -0.4 is 19.7 Å². The van der Waals surface area contributed by atoms with Crippen LogP contribution in [0.5, 0.6) is 5.75 Å². The SMILES string of the molecule is COc1ccc(S(=O)(=O)N[C@@H]2C[C@@H]3C(=O)Nc4ccccc4N3C2)cc1F. The van der Waals surface area contributed by atoms with Crippen LogP contribution in [-0.4, -0.2) is 40.1 Å². The minimum atomic E-state index is -3.93. The number of nitrogens with zero attached hydrogens (tertiary/aromatic N) is 1. The van der Waals surface area contributed by atoms with Crippen molar-refractivity contribution < 1.29 is 22.3 Å². The zero-order valence-corrected chi connectivity index (χ0v) is 15.3. The first-order chi connectivity index (χ1) is 12.9. The molecule has 2 atom stereocenters. The monoisotopic (exact) mass is 391 g/mol. The number of sulfonamides is 1. The molecule has 1 amide bonds. The third-order valence-corrected chi connectivity index (χ3v) is 6.35. The van der Waals surface area contributed by atoms with Gasteiger partial charge in [-0.3, -0.25) is 4.79 Å². The maximum absolute atomic E-state index is 13.9. The predicted molar refractivity (Wildman–Crippen MR) is 97.9 cm³/mol. The molecule has 2 N–H and O–H groups in total. The van der Waals surface area contributed by atoms with E-state index < -0.39 is 27.9 Å². The Balaban J connectivity index is 1.56. The van der Waals surface area contributed by atoms with Gasteiger partial charge in [0.25, 0.3) is 0 Å². The number of fused-ring (bicyclic) bond motifs is 3. The molecule has 2 aliphatic heterocycles. The van der Waals surface area contributed by atoms with E-state index >= 15 is 0 Å². The molecule has 0 aromatic heterocycles. The lowest BCUT2D eigenvalue weighted by atomic mass is 10.1. The molecule has 2 aliphatic rings. The first-order valence-electron chi connectivity index (χ1n) is 8.41. The van der Waals surface area contributed by atoms with Crippen LogP contribution in [0.4, 0.5) is 15.8 Å². The van der Waals surface area contributed by atoms with Gasteiger partial charge in [-0.05, 0) is 36.8 Å². The number of hydrogen-bond acceptors (Lipinski definition) is 5. The summed E-state index contributed by atoms with van der Waals surface area (Å²) in [6.07, 6.45) is 0.331. The molecule has 4 rings (SSSR count). The van der Waals surface area contributed by atoms with Crippen molar-refractivity contribution in [2.75, 3.05) is 23.9 Å². The van der Waals surface area contributed by atoms with Gasteiger partial charge in [0.1, 0.15) is 6.04 Å². The van der Waals surface area contributed by atoms with Crippen molar-refractivity contribution >= 4 is 27.3 Å². The Morgan fingerprint density at radius 3 is 2.78 bits per heavy atom. The van der Waals surface area contributed by atoms with Crippen molar-refractivity contribution in [3.05, 3.63) is 48.3 Å². The molecule has 0 unspecified atom stereocenters. The molecule has 2 aromatic carbocycles. The summed E-state index contributed by atoms with van der Waals surface area (Å²) in [6.45, 7) is 0.354. The maximum Gasteiger partial charge on any atom is 0.247 e. The quantitative estimate of drug-likeness (QED) is 0.829. The second-order valence-corrected chi connectivity index (χ2v) is 8.24. The van der Waals surface area contributed by atoms with Crippen LogP contribution in [-0.2, 0) is 14.8 Å². The number of ether oxygens (including phenoxy) is 1. The number of methoxy groups -OCH3 is 1. The number of amides is 1. The molecule has 7 nitrogen and oxygen atoms in total. The Labute approximate surface area is 156 Å². The van der Waals surface area contributed by atoms with Gasteiger partial charge in [-0.25, -0.2) is 17.5 Å². The number of para-hydroxylation sites is 2. The van der Waals surface area contributed by atoms with Gasteiger partial charge in [-0.1, -0.05) is 12.1 Å². The lowest BCUT2D eigenvalue weighted by Crippen LogP contribution is -2.44. The highest BCUT2D eigenvalue weighted by Gasteiger charge is 2.42. The standard InChI is InChI=1S/C18H18FN3O4S/c1-26-17-7-6-12(9-13(17)19)27(24,25)21-11-8-16-18(23)20-14-4-2-3-5-15(14)22(16)10-11/h2-7,9,11,16,21H,8,10H2,1H3,(H,20,23)/t11-,16-/m1/s1. The molecule has 0 aliphatic carbocycles. The van der Waals surface area contributed by atoms with Gasteiger partial charge in [-0.15, -0.1) is 0 Å². The number of carbonyl (C=O) groups is 1. The average molecular weight is 391 g/mol. The molecule has 2 heterocycles. The minimum Gasteiger partial charge on any atom is -0.494 e. The fraction of sp³-hybridized carbons (Fsp3) is 0.278. The Kier molecular flexibility index (Phi) is 4.27. The van der Waals surface area contributed by atoms with Crippen molar-refractivity contribution in [2.45, 2.75) is 23.4 Å². The smallest absolute Gasteiger partial charge is 0.247 e. The lowest BCUT2D eigenvalue weighted by molar-refractivity contribution is -0.117. The molecule has 0 bridgehead atoms. The summed E-state index contributed by atoms with van der Waals surface area (Å²) in [5, 5.41) is 2.85. The van der Waals surface area contributed by atoms with E-state index in [9.17, 15) is 17.6 Å². The maximum atomic E-state index is 13.9. The molecule has 0 saturated carbocycles. The molecule has 0 radical (unpaired) electrons. The van der Waals surface area contributed by atoms with Gasteiger partial charge in [0.2, 0.25) is 15.9 Å². The molecule has 0 spiro atoms. The Morgan fingerprint density at radius 2 is 2.04 bits per heavy atom. The highest BCUT2D eigenvalue weighted by molar-refractivity contribution is 7.89. The van der Waals surface area contributed by atoms with E-state index in [1.165, 1.54) is 19.2 Å². The van der Waals surface area contributed by atoms with Gasteiger partial charge in [0.05, 0.1) is 23.4 Å². The van der Waals surface area contributed by atoms with Crippen molar-refractivity contribution in [2.24, 2.45) is 0 Å². The highest BCUT2D eigenvalue weighted by Crippen LogP contribution is 2.36. The van der Waals surface area contributed by atoms with Crippen LogP contribution in [0.1, 0.15) is 6.42 Å². The van der Waals surface area contributed by atoms with E-state index in [4.69, 9.17) is 4.74 Å². The second-order valence-electron chi connectivity index (χ2n) is 6.52. The molecular weight excluding hydrogens is 373 g/mol. The van der Waals surface area contributed by atoms with E-state index in [-0.39, 0.29) is 16.6 Å². The van der Waals surface area contributed by atoms with Gasteiger partial charge in [0.15, 0.2) is 11.6 Å². The molecular formula is C18H18FN3O4S. The van der Waals surface area contributed by atoms with Crippen LogP contribution in [0.25, 0.3) is 0 Å². The van der Waals surface area contributed by atoms with Crippen LogP contribution in [0.3, 0.4) is 0 Å². The van der Waals surface area contributed by atoms with E-state index in [0.29, 0.717) is 18.7 Å². The van der Waals surface area contributed by atoms with Crippen LogP contribution in [0, 0.1) is 5.82 Å². The molecule has 2 aromatic rings. The highest BCUT2D eigenvalue weighted by atomic mass is 32.2. The minimum absolute atomic E-state index is 0.0276. The number of carbonyl (C=O) groups excluding carboxylic acids is 1. The summed E-state index contributed by atoms with van der Waals surface area (Å²) in [5.41, 5.74) is 1.57. The van der Waals surface area contributed by atoms with E-state index in [1.54, 1.807) is 6.07 Å². The van der Waals surface area contributed by atoms with Gasteiger partial charge >= 0.3 is 0 Å². The van der Waals surface area contributed by atoms with E-state index in [1.807, 2.05) is 23.1 Å². The van der Waals surface area contributed by atoms with Crippen molar-refractivity contribution in [3.63, 3.8) is 0 Å². The third-order valence-electron chi connectivity index (χ3n) is 4.83. The number of benzene rings is 2. The number of hydrogen-bond donors (Lipinski definition) is 2. The number of halogens is 1. The first kappa shape index (κ1) is 17.7. The topological polar surface area (TPSA) is 87.7 Å². The average Bonchev–Trinajstić information content (AvgIpc) is 3.05. The van der Waals surface area contributed by atoms with Gasteiger partial charge < -0.3 is 15.0 Å². The summed E-state index contributed by atoms with van der Waals surface area (Å²) in [6, 6.07) is 9.95. The fourth-order valence-electron chi connectivity index (χ4n) is 3.58. The molecule has 9 heteroatoms. The lowest BCUT2D eigenvalue weighted by Gasteiger charge is -2.32. The summed E-state index contributed by atoms with van der Waals surface area (Å²) in [7, 11) is -2.62. The van der Waals surface area contributed by atoms with Crippen molar-refractivity contribution in [3.8, 4) is 5.75 Å². The Bertz CT molecular complexity index is 1010. The van der Waals surface area contributed by atoms with Crippen molar-refractivity contribution in [1.29, 1.82) is 0 Å². The van der Waals surface area contributed by atoms with Gasteiger partial charge in [0, 0.05) is 12.6 Å². The summed E-state index contributed by atoms with van der Waals surface area (Å²) < 4.78 is 46.5. The Morgan fingerprint density at radius 1 is 1.26 bits per heavy atom. The fourth-order valence-corrected chi connectivity index (χ4v) is 4.84. The zero-order valence-electron chi connectivity index (χ0n) is 14.5. The number of rotatable bonds is 4. The number of anilines is 2. The summed E-state index contributed by atoms with van der Waals surface area (Å²) >= 11 is 0. The van der Waals surface area contributed by atoms with E-state index in [0.717, 1.165) is 11.8 Å². The van der Waals surface area contributed by atoms with Crippen LogP contribution in [0.15, 0.2) is 47.4 Å². The molecule has 142 valence electrons. The third kappa shape index (κ3) is 3.13. The van der Waals surface area contributed by atoms with Crippen LogP contribution in [0.2, 0.25) is 0 Å². The second kappa shape index (κ2) is 6.50. The molecule has 27 heavy (non-hydrogen) atoms. The zero-order chi connectivity index (χ0) is 19.2. The summed E-state index contributed by atoms with van der Waals surface area (Å²) in [4.78, 5) is 14.1. The largest absolute Gasteiger partial charge is 0.494 e. The van der Waals surface area contributed by atoms with Gasteiger partial charge in [-0.2, -0.15) is 0 Å².